The zero-order chi connectivity index (χ0) is 25.1. The number of anilines is 1. The Bertz CT molecular complexity index is 1250. The standard InChI is InChI=1S/C20H22N6O9/c1-32-13-3-10(11(26(30)31)4-14(13)33-2)7-34-20(29)24-18-17-19(22-8-21-18)25(9-23-17)16-5-12(28)15(6-27)35-16/h3-4,8-9,12,15-16,27-28H,5-7H2,1-2H3,(H,21,22,24,29)/t12-,15+,16+/m0/s1. The maximum absolute atomic E-state index is 12.4. The fraction of sp³-hybridized carbons (Fsp3) is 0.400. The molecule has 4 rings (SSSR count). The number of carbonyl (C=O) groups excluding carboxylic acids is 1. The van der Waals surface area contributed by atoms with Crippen LogP contribution in [0.4, 0.5) is 16.3 Å². The Morgan fingerprint density at radius 3 is 2.69 bits per heavy atom. The van der Waals surface area contributed by atoms with E-state index in [9.17, 15) is 25.1 Å². The van der Waals surface area contributed by atoms with Crippen molar-refractivity contribution in [1.29, 1.82) is 0 Å². The molecular formula is C20H22N6O9. The quantitative estimate of drug-likeness (QED) is 0.301. The Labute approximate surface area is 197 Å². The molecule has 0 spiro atoms. The molecule has 35 heavy (non-hydrogen) atoms. The molecule has 3 atom stereocenters. The molecule has 3 heterocycles. The fourth-order valence-electron chi connectivity index (χ4n) is 3.68. The van der Waals surface area contributed by atoms with Crippen LogP contribution in [0.25, 0.3) is 11.2 Å². The van der Waals surface area contributed by atoms with E-state index >= 15 is 0 Å². The summed E-state index contributed by atoms with van der Waals surface area (Å²) in [7, 11) is 2.72. The monoisotopic (exact) mass is 490 g/mol. The number of nitrogens with zero attached hydrogens (tertiary/aromatic N) is 5. The van der Waals surface area contributed by atoms with E-state index in [4.69, 9.17) is 18.9 Å². The van der Waals surface area contributed by atoms with E-state index in [0.717, 1.165) is 0 Å². The number of aliphatic hydroxyl groups excluding tert-OH is 2. The molecule has 3 aromatic rings. The van der Waals surface area contributed by atoms with E-state index in [2.05, 4.69) is 20.3 Å². The highest BCUT2D eigenvalue weighted by Crippen LogP contribution is 2.35. The molecule has 15 nitrogen and oxygen atoms in total. The summed E-state index contributed by atoms with van der Waals surface area (Å²) in [6, 6.07) is 2.53. The molecule has 0 saturated carbocycles. The Morgan fingerprint density at radius 1 is 1.29 bits per heavy atom. The van der Waals surface area contributed by atoms with Crippen LogP contribution in [0.5, 0.6) is 11.5 Å². The third-order valence-electron chi connectivity index (χ3n) is 5.41. The Morgan fingerprint density at radius 2 is 2.03 bits per heavy atom. The fourth-order valence-corrected chi connectivity index (χ4v) is 3.68. The Hall–Kier alpha value is -4.08. The summed E-state index contributed by atoms with van der Waals surface area (Å²) < 4.78 is 22.6. The summed E-state index contributed by atoms with van der Waals surface area (Å²) in [4.78, 5) is 35.6. The summed E-state index contributed by atoms with van der Waals surface area (Å²) in [5, 5.41) is 33.2. The van der Waals surface area contributed by atoms with Crippen molar-refractivity contribution < 1.29 is 38.9 Å². The zero-order valence-corrected chi connectivity index (χ0v) is 18.7. The van der Waals surface area contributed by atoms with E-state index in [1.807, 2.05) is 0 Å². The van der Waals surface area contributed by atoms with Crippen LogP contribution in [0, 0.1) is 10.1 Å². The second kappa shape index (κ2) is 10.0. The van der Waals surface area contributed by atoms with Crippen molar-refractivity contribution in [2.24, 2.45) is 0 Å². The minimum atomic E-state index is -0.934. The number of amides is 1. The van der Waals surface area contributed by atoms with Crippen LogP contribution >= 0.6 is 0 Å². The Kier molecular flexibility index (Phi) is 6.90. The molecule has 0 bridgehead atoms. The largest absolute Gasteiger partial charge is 0.493 e. The van der Waals surface area contributed by atoms with Gasteiger partial charge in [-0.25, -0.2) is 19.7 Å². The molecule has 0 aliphatic carbocycles. The average Bonchev–Trinajstić information content (AvgIpc) is 3.45. The summed E-state index contributed by atoms with van der Waals surface area (Å²) in [5.74, 6) is 0.441. The molecule has 1 amide bonds. The van der Waals surface area contributed by atoms with Gasteiger partial charge in [0, 0.05) is 6.42 Å². The molecule has 15 heteroatoms. The van der Waals surface area contributed by atoms with Gasteiger partial charge in [-0.05, 0) is 6.07 Å². The van der Waals surface area contributed by atoms with E-state index in [1.54, 1.807) is 4.57 Å². The topological polar surface area (TPSA) is 193 Å². The minimum absolute atomic E-state index is 0.0396. The number of methoxy groups -OCH3 is 2. The van der Waals surface area contributed by atoms with Crippen molar-refractivity contribution in [2.45, 2.75) is 31.5 Å². The van der Waals surface area contributed by atoms with Gasteiger partial charge < -0.3 is 29.2 Å². The first-order valence-corrected chi connectivity index (χ1v) is 10.3. The number of ether oxygens (including phenoxy) is 4. The predicted molar refractivity (Wildman–Crippen MR) is 117 cm³/mol. The summed E-state index contributed by atoms with van der Waals surface area (Å²) in [6.07, 6.45) is -0.297. The van der Waals surface area contributed by atoms with Gasteiger partial charge in [0.1, 0.15) is 25.3 Å². The van der Waals surface area contributed by atoms with Crippen LogP contribution in [-0.2, 0) is 16.1 Å². The molecule has 1 saturated heterocycles. The second-order valence-electron chi connectivity index (χ2n) is 7.46. The summed E-state index contributed by atoms with van der Waals surface area (Å²) in [6.45, 7) is -0.766. The normalized spacial score (nSPS) is 19.5. The van der Waals surface area contributed by atoms with Gasteiger partial charge in [-0.1, -0.05) is 0 Å². The van der Waals surface area contributed by atoms with Crippen molar-refractivity contribution in [1.82, 2.24) is 19.5 Å². The van der Waals surface area contributed by atoms with Gasteiger partial charge >= 0.3 is 6.09 Å². The first kappa shape index (κ1) is 24.1. The van der Waals surface area contributed by atoms with E-state index in [0.29, 0.717) is 5.65 Å². The van der Waals surface area contributed by atoms with Gasteiger partial charge in [-0.2, -0.15) is 0 Å². The van der Waals surface area contributed by atoms with E-state index in [1.165, 1.54) is 39.0 Å². The van der Waals surface area contributed by atoms with Crippen LogP contribution in [0.3, 0.4) is 0 Å². The van der Waals surface area contributed by atoms with Crippen LogP contribution in [0.15, 0.2) is 24.8 Å². The number of aromatic nitrogens is 4. The first-order chi connectivity index (χ1) is 16.9. The van der Waals surface area contributed by atoms with Crippen LogP contribution in [0.1, 0.15) is 18.2 Å². The number of nitro benzene ring substituents is 1. The van der Waals surface area contributed by atoms with Gasteiger partial charge in [0.2, 0.25) is 0 Å². The number of hydrogen-bond donors (Lipinski definition) is 3. The predicted octanol–water partition coefficient (Wildman–Crippen LogP) is 1.14. The first-order valence-electron chi connectivity index (χ1n) is 10.3. The van der Waals surface area contributed by atoms with Gasteiger partial charge in [0.25, 0.3) is 5.69 Å². The molecule has 1 aliphatic heterocycles. The molecule has 0 radical (unpaired) electrons. The van der Waals surface area contributed by atoms with E-state index < -0.39 is 36.1 Å². The molecule has 2 aromatic heterocycles. The number of nitro groups is 1. The average molecular weight is 490 g/mol. The number of nitrogens with one attached hydrogen (secondary N) is 1. The number of aliphatic hydroxyl groups is 2. The van der Waals surface area contributed by atoms with Gasteiger partial charge in [-0.15, -0.1) is 0 Å². The van der Waals surface area contributed by atoms with Crippen molar-refractivity contribution in [3.05, 3.63) is 40.5 Å². The minimum Gasteiger partial charge on any atom is -0.493 e. The lowest BCUT2D eigenvalue weighted by Gasteiger charge is -2.13. The lowest BCUT2D eigenvalue weighted by atomic mass is 10.1. The van der Waals surface area contributed by atoms with Crippen molar-refractivity contribution in [3.63, 3.8) is 0 Å². The van der Waals surface area contributed by atoms with Crippen molar-refractivity contribution in [2.75, 3.05) is 26.1 Å². The second-order valence-corrected chi connectivity index (χ2v) is 7.46. The summed E-state index contributed by atoms with van der Waals surface area (Å²) >= 11 is 0. The molecule has 0 unspecified atom stereocenters. The number of hydrogen-bond acceptors (Lipinski definition) is 12. The van der Waals surface area contributed by atoms with Gasteiger partial charge in [-0.3, -0.25) is 20.0 Å². The van der Waals surface area contributed by atoms with Crippen molar-refractivity contribution in [3.8, 4) is 11.5 Å². The molecule has 186 valence electrons. The Balaban J connectivity index is 1.50. The number of rotatable bonds is 8. The number of carbonyl (C=O) groups is 1. The highest BCUT2D eigenvalue weighted by atomic mass is 16.6. The maximum atomic E-state index is 12.4. The smallest absolute Gasteiger partial charge is 0.413 e. The third kappa shape index (κ3) is 4.77. The van der Waals surface area contributed by atoms with Crippen LogP contribution < -0.4 is 14.8 Å². The number of imidazole rings is 1. The molecule has 1 fully saturated rings. The highest BCUT2D eigenvalue weighted by Gasteiger charge is 2.35. The molecular weight excluding hydrogens is 468 g/mol. The SMILES string of the molecule is COc1cc(COC(=O)Nc2ncnc3c2ncn3[C@H]2C[C@H](O)[C@@H](CO)O2)c([N+](=O)[O-])cc1OC. The zero-order valence-electron chi connectivity index (χ0n) is 18.7. The molecule has 3 N–H and O–H groups in total. The number of benzene rings is 1. The molecule has 1 aliphatic rings. The number of fused-ring (bicyclic) bond motifs is 1. The van der Waals surface area contributed by atoms with Crippen molar-refractivity contribution >= 4 is 28.8 Å². The lowest BCUT2D eigenvalue weighted by molar-refractivity contribution is -0.385. The third-order valence-corrected chi connectivity index (χ3v) is 5.41. The van der Waals surface area contributed by atoms with Crippen LogP contribution in [-0.4, -0.2) is 73.8 Å². The molecule has 1 aromatic carbocycles. The van der Waals surface area contributed by atoms with Crippen LogP contribution in [0.2, 0.25) is 0 Å². The summed E-state index contributed by atoms with van der Waals surface area (Å²) in [5.41, 5.74) is 0.336. The lowest BCUT2D eigenvalue weighted by Crippen LogP contribution is -2.24. The van der Waals surface area contributed by atoms with Gasteiger partial charge in [0.05, 0.1) is 49.8 Å². The maximum Gasteiger partial charge on any atom is 0.413 e. The van der Waals surface area contributed by atoms with Gasteiger partial charge in [0.15, 0.2) is 28.5 Å². The van der Waals surface area contributed by atoms with E-state index in [-0.39, 0.29) is 47.1 Å². The highest BCUT2D eigenvalue weighted by molar-refractivity contribution is 5.93.